The number of nitrogens with zero attached hydrogens (tertiary/aromatic N) is 1. The van der Waals surface area contributed by atoms with Crippen LogP contribution in [0.25, 0.3) is 0 Å². The van der Waals surface area contributed by atoms with Gasteiger partial charge in [-0.1, -0.05) is 13.0 Å². The Hall–Kier alpha value is -1.06. The largest absolute Gasteiger partial charge is 0.508 e. The lowest BCUT2D eigenvalue weighted by Gasteiger charge is -2.37. The molecule has 1 N–H and O–H groups in total. The van der Waals surface area contributed by atoms with Gasteiger partial charge < -0.3 is 9.84 Å². The van der Waals surface area contributed by atoms with E-state index in [4.69, 9.17) is 4.74 Å². The molecular weight excluding hydrogens is 226 g/mol. The second-order valence-corrected chi connectivity index (χ2v) is 5.33. The number of aromatic hydroxyl groups is 1. The number of phenolic OH excluding ortho intramolecular Hbond substituents is 1. The number of hydrogen-bond acceptors (Lipinski definition) is 3. The minimum atomic E-state index is 0.389. The molecule has 2 unspecified atom stereocenters. The summed E-state index contributed by atoms with van der Waals surface area (Å²) in [6.45, 7) is 5.11. The van der Waals surface area contributed by atoms with E-state index in [1.165, 1.54) is 17.5 Å². The predicted octanol–water partition coefficient (Wildman–Crippen LogP) is 2.49. The molecule has 98 valence electrons. The van der Waals surface area contributed by atoms with Gasteiger partial charge in [-0.3, -0.25) is 4.90 Å². The normalized spacial score (nSPS) is 28.3. The number of phenols is 1. The molecule has 3 heteroatoms. The highest BCUT2D eigenvalue weighted by Gasteiger charge is 2.31. The van der Waals surface area contributed by atoms with Crippen LogP contribution in [0.5, 0.6) is 5.75 Å². The van der Waals surface area contributed by atoms with Gasteiger partial charge in [0.1, 0.15) is 5.75 Å². The fraction of sp³-hybridized carbons (Fsp3) is 0.600. The van der Waals surface area contributed by atoms with E-state index in [0.717, 1.165) is 32.5 Å². The number of benzene rings is 1. The van der Waals surface area contributed by atoms with E-state index in [2.05, 4.69) is 17.9 Å². The maximum atomic E-state index is 9.54. The van der Waals surface area contributed by atoms with Gasteiger partial charge in [-0.05, 0) is 42.5 Å². The van der Waals surface area contributed by atoms with Crippen LogP contribution < -0.4 is 0 Å². The van der Waals surface area contributed by atoms with E-state index >= 15 is 0 Å². The highest BCUT2D eigenvalue weighted by molar-refractivity contribution is 5.40. The highest BCUT2D eigenvalue weighted by Crippen LogP contribution is 2.38. The van der Waals surface area contributed by atoms with Gasteiger partial charge in [-0.2, -0.15) is 0 Å². The molecule has 1 heterocycles. The van der Waals surface area contributed by atoms with Crippen LogP contribution in [0.1, 0.15) is 36.9 Å². The Morgan fingerprint density at radius 2 is 2.33 bits per heavy atom. The van der Waals surface area contributed by atoms with Crippen molar-refractivity contribution in [1.29, 1.82) is 0 Å². The topological polar surface area (TPSA) is 32.7 Å². The molecule has 2 atom stereocenters. The summed E-state index contributed by atoms with van der Waals surface area (Å²) in [4.78, 5) is 2.56. The number of rotatable bonds is 2. The van der Waals surface area contributed by atoms with E-state index in [1.54, 1.807) is 0 Å². The Kier molecular flexibility index (Phi) is 3.27. The van der Waals surface area contributed by atoms with Gasteiger partial charge >= 0.3 is 0 Å². The summed E-state index contributed by atoms with van der Waals surface area (Å²) in [6.07, 6.45) is 3.74. The number of ether oxygens (including phenoxy) is 1. The smallest absolute Gasteiger partial charge is 0.115 e. The van der Waals surface area contributed by atoms with Gasteiger partial charge in [0.05, 0.1) is 12.7 Å². The maximum Gasteiger partial charge on any atom is 0.115 e. The Labute approximate surface area is 108 Å². The minimum absolute atomic E-state index is 0.389. The van der Waals surface area contributed by atoms with E-state index in [0.29, 0.717) is 17.9 Å². The molecule has 1 saturated heterocycles. The zero-order chi connectivity index (χ0) is 12.5. The van der Waals surface area contributed by atoms with Gasteiger partial charge in [-0.25, -0.2) is 0 Å². The lowest BCUT2D eigenvalue weighted by molar-refractivity contribution is -0.0447. The molecule has 1 aliphatic heterocycles. The lowest BCUT2D eigenvalue weighted by Crippen LogP contribution is -2.43. The summed E-state index contributed by atoms with van der Waals surface area (Å²) in [6, 6.07) is 6.36. The Morgan fingerprint density at radius 1 is 1.44 bits per heavy atom. The van der Waals surface area contributed by atoms with Crippen molar-refractivity contribution < 1.29 is 9.84 Å². The van der Waals surface area contributed by atoms with Crippen molar-refractivity contribution >= 4 is 0 Å². The molecule has 0 bridgehead atoms. The van der Waals surface area contributed by atoms with E-state index in [1.807, 2.05) is 12.1 Å². The molecule has 1 aliphatic carbocycles. The van der Waals surface area contributed by atoms with Gasteiger partial charge in [0.15, 0.2) is 0 Å². The molecule has 3 rings (SSSR count). The van der Waals surface area contributed by atoms with Crippen LogP contribution in [-0.4, -0.2) is 35.8 Å². The van der Waals surface area contributed by atoms with Crippen LogP contribution >= 0.6 is 0 Å². The van der Waals surface area contributed by atoms with Crippen LogP contribution in [-0.2, 0) is 11.2 Å². The first kappa shape index (κ1) is 12.0. The third-order valence-electron chi connectivity index (χ3n) is 4.24. The summed E-state index contributed by atoms with van der Waals surface area (Å²) in [5.41, 5.74) is 2.73. The third kappa shape index (κ3) is 2.13. The molecule has 1 aromatic rings. The van der Waals surface area contributed by atoms with Crippen molar-refractivity contribution in [3.8, 4) is 5.75 Å². The Bertz CT molecular complexity index is 433. The maximum absolute atomic E-state index is 9.54. The summed E-state index contributed by atoms with van der Waals surface area (Å²) < 4.78 is 5.74. The van der Waals surface area contributed by atoms with Crippen molar-refractivity contribution in [2.45, 2.75) is 38.3 Å². The Balaban J connectivity index is 1.79. The molecule has 2 aliphatic rings. The second-order valence-electron chi connectivity index (χ2n) is 5.33. The molecular formula is C15H21NO2. The zero-order valence-corrected chi connectivity index (χ0v) is 10.9. The minimum Gasteiger partial charge on any atom is -0.508 e. The van der Waals surface area contributed by atoms with Crippen LogP contribution in [0.4, 0.5) is 0 Å². The standard InChI is InChI=1S/C15H21NO2/c1-2-13-10-16(7-8-18-13)15-6-3-11-9-12(17)4-5-14(11)15/h4-5,9,13,15,17H,2-3,6-8,10H2,1H3. The lowest BCUT2D eigenvalue weighted by atomic mass is 10.1. The van der Waals surface area contributed by atoms with Crippen LogP contribution in [0.2, 0.25) is 0 Å². The summed E-state index contributed by atoms with van der Waals surface area (Å²) in [7, 11) is 0. The van der Waals surface area contributed by atoms with Gasteiger partial charge in [0.25, 0.3) is 0 Å². The number of fused-ring (bicyclic) bond motifs is 1. The molecule has 3 nitrogen and oxygen atoms in total. The number of hydrogen-bond donors (Lipinski definition) is 1. The van der Waals surface area contributed by atoms with Crippen LogP contribution in [0, 0.1) is 0 Å². The molecule has 0 aromatic heterocycles. The summed E-state index contributed by atoms with van der Waals surface area (Å²) >= 11 is 0. The van der Waals surface area contributed by atoms with Gasteiger partial charge in [0.2, 0.25) is 0 Å². The van der Waals surface area contributed by atoms with Crippen molar-refractivity contribution in [1.82, 2.24) is 4.90 Å². The van der Waals surface area contributed by atoms with Crippen molar-refractivity contribution in [2.75, 3.05) is 19.7 Å². The molecule has 1 fully saturated rings. The first-order valence-corrected chi connectivity index (χ1v) is 6.95. The third-order valence-corrected chi connectivity index (χ3v) is 4.24. The summed E-state index contributed by atoms with van der Waals surface area (Å²) in [5, 5.41) is 9.54. The molecule has 0 spiro atoms. The zero-order valence-electron chi connectivity index (χ0n) is 10.9. The first-order valence-electron chi connectivity index (χ1n) is 6.95. The number of aryl methyl sites for hydroxylation is 1. The van der Waals surface area contributed by atoms with Crippen molar-refractivity contribution in [3.63, 3.8) is 0 Å². The highest BCUT2D eigenvalue weighted by atomic mass is 16.5. The fourth-order valence-corrected chi connectivity index (χ4v) is 3.23. The average molecular weight is 247 g/mol. The average Bonchev–Trinajstić information content (AvgIpc) is 2.81. The molecule has 1 aromatic carbocycles. The quantitative estimate of drug-likeness (QED) is 0.871. The predicted molar refractivity (Wildman–Crippen MR) is 70.8 cm³/mol. The molecule has 0 radical (unpaired) electrons. The fourth-order valence-electron chi connectivity index (χ4n) is 3.23. The molecule has 18 heavy (non-hydrogen) atoms. The van der Waals surface area contributed by atoms with E-state index in [9.17, 15) is 5.11 Å². The van der Waals surface area contributed by atoms with Crippen LogP contribution in [0.15, 0.2) is 18.2 Å². The number of morpholine rings is 1. The van der Waals surface area contributed by atoms with E-state index in [-0.39, 0.29) is 0 Å². The van der Waals surface area contributed by atoms with Gasteiger partial charge in [0, 0.05) is 19.1 Å². The summed E-state index contributed by atoms with van der Waals surface area (Å²) in [5.74, 6) is 0.391. The molecule has 0 amide bonds. The Morgan fingerprint density at radius 3 is 3.17 bits per heavy atom. The first-order chi connectivity index (χ1) is 8.78. The van der Waals surface area contributed by atoms with E-state index < -0.39 is 0 Å². The SMILES string of the molecule is CCC1CN(C2CCc3cc(O)ccc32)CCO1. The van der Waals surface area contributed by atoms with Crippen LogP contribution in [0.3, 0.4) is 0 Å². The van der Waals surface area contributed by atoms with Crippen molar-refractivity contribution in [3.05, 3.63) is 29.3 Å². The molecule has 0 saturated carbocycles. The monoisotopic (exact) mass is 247 g/mol. The van der Waals surface area contributed by atoms with Gasteiger partial charge in [-0.15, -0.1) is 0 Å². The van der Waals surface area contributed by atoms with Crippen molar-refractivity contribution in [2.24, 2.45) is 0 Å². The second kappa shape index (κ2) is 4.90.